The number of nitrogens with two attached hydrogens (primary N) is 1. The van der Waals surface area contributed by atoms with E-state index < -0.39 is 5.82 Å². The molecule has 1 atom stereocenters. The Bertz CT molecular complexity index is 908. The minimum absolute atomic E-state index is 0.0173. The summed E-state index contributed by atoms with van der Waals surface area (Å²) in [6.45, 7) is 3.80. The Kier molecular flexibility index (Phi) is 5.75. The van der Waals surface area contributed by atoms with Crippen LogP contribution in [0.4, 0.5) is 4.39 Å². The van der Waals surface area contributed by atoms with Gasteiger partial charge in [0, 0.05) is 30.8 Å². The maximum Gasteiger partial charge on any atom is 0.142 e. The zero-order valence-electron chi connectivity index (χ0n) is 15.1. The van der Waals surface area contributed by atoms with Gasteiger partial charge in [-0.2, -0.15) is 5.26 Å². The lowest BCUT2D eigenvalue weighted by Crippen LogP contribution is -2.39. The summed E-state index contributed by atoms with van der Waals surface area (Å²) < 4.78 is 19.9. The summed E-state index contributed by atoms with van der Waals surface area (Å²) in [7, 11) is 0. The van der Waals surface area contributed by atoms with Crippen molar-refractivity contribution in [1.82, 2.24) is 5.32 Å². The summed E-state index contributed by atoms with van der Waals surface area (Å²) in [6, 6.07) is 11.8. The number of aliphatic hydroxyl groups excluding tert-OH is 1. The number of nitrogens with one attached hydrogen (secondary N) is 1. The van der Waals surface area contributed by atoms with Crippen LogP contribution in [0.5, 0.6) is 0 Å². The summed E-state index contributed by atoms with van der Waals surface area (Å²) in [6.07, 6.45) is 0.572. The fourth-order valence-corrected chi connectivity index (χ4v) is 3.26. The smallest absolute Gasteiger partial charge is 0.142 e. The van der Waals surface area contributed by atoms with Crippen LogP contribution < -0.4 is 11.1 Å². The van der Waals surface area contributed by atoms with E-state index in [4.69, 9.17) is 15.7 Å². The average molecular weight is 367 g/mol. The lowest BCUT2D eigenvalue weighted by Gasteiger charge is -2.25. The molecule has 3 rings (SSSR count). The van der Waals surface area contributed by atoms with Gasteiger partial charge in [-0.3, -0.25) is 0 Å². The standard InChI is InChI=1S/C21H22FN3O2/c1-13(24)21(26)20-15(9-17-12-25-7-8-27-17)3-2-4-18(20)14-5-6-16(11-23)19(22)10-14/h2-6,10,17,25-26H,7-9,12,24H2,1H3/b21-13-. The molecule has 1 unspecified atom stereocenters. The molecule has 1 saturated heterocycles. The molecule has 0 aromatic heterocycles. The third-order valence-electron chi connectivity index (χ3n) is 4.61. The van der Waals surface area contributed by atoms with E-state index in [9.17, 15) is 9.50 Å². The molecule has 27 heavy (non-hydrogen) atoms. The van der Waals surface area contributed by atoms with Crippen molar-refractivity contribution < 1.29 is 14.2 Å². The molecule has 0 aliphatic carbocycles. The van der Waals surface area contributed by atoms with E-state index in [0.29, 0.717) is 29.7 Å². The van der Waals surface area contributed by atoms with Gasteiger partial charge in [-0.05, 0) is 35.7 Å². The van der Waals surface area contributed by atoms with E-state index in [0.717, 1.165) is 18.7 Å². The fourth-order valence-electron chi connectivity index (χ4n) is 3.26. The highest BCUT2D eigenvalue weighted by Crippen LogP contribution is 2.33. The van der Waals surface area contributed by atoms with Crippen molar-refractivity contribution in [3.63, 3.8) is 0 Å². The number of nitriles is 1. The maximum absolute atomic E-state index is 14.2. The predicted molar refractivity (Wildman–Crippen MR) is 102 cm³/mol. The average Bonchev–Trinajstić information content (AvgIpc) is 2.68. The molecule has 2 aromatic rings. The second kappa shape index (κ2) is 8.21. The Morgan fingerprint density at radius 1 is 1.41 bits per heavy atom. The van der Waals surface area contributed by atoms with Crippen LogP contribution in [0.15, 0.2) is 42.1 Å². The normalized spacial score (nSPS) is 17.9. The fraction of sp³-hybridized carbons (Fsp3) is 0.286. The number of hydrogen-bond donors (Lipinski definition) is 3. The Morgan fingerprint density at radius 3 is 2.85 bits per heavy atom. The van der Waals surface area contributed by atoms with Gasteiger partial charge in [0.15, 0.2) is 0 Å². The third kappa shape index (κ3) is 4.11. The van der Waals surface area contributed by atoms with Crippen molar-refractivity contribution in [1.29, 1.82) is 5.26 Å². The first kappa shape index (κ1) is 18.9. The first-order valence-electron chi connectivity index (χ1n) is 8.81. The number of halogens is 1. The van der Waals surface area contributed by atoms with Crippen molar-refractivity contribution in [2.75, 3.05) is 19.7 Å². The van der Waals surface area contributed by atoms with Gasteiger partial charge < -0.3 is 20.9 Å². The van der Waals surface area contributed by atoms with Gasteiger partial charge in [0.25, 0.3) is 0 Å². The van der Waals surface area contributed by atoms with Gasteiger partial charge in [0.2, 0.25) is 0 Å². The first-order chi connectivity index (χ1) is 13.0. The number of benzene rings is 2. The van der Waals surface area contributed by atoms with Gasteiger partial charge in [-0.15, -0.1) is 0 Å². The highest BCUT2D eigenvalue weighted by atomic mass is 19.1. The lowest BCUT2D eigenvalue weighted by atomic mass is 9.90. The SMILES string of the molecule is C/C(N)=C(/O)c1c(CC2CNCCO2)cccc1-c1ccc(C#N)c(F)c1. The molecule has 0 bridgehead atoms. The second-order valence-corrected chi connectivity index (χ2v) is 6.58. The van der Waals surface area contributed by atoms with E-state index >= 15 is 0 Å². The van der Waals surface area contributed by atoms with Crippen molar-refractivity contribution in [2.24, 2.45) is 5.73 Å². The Labute approximate surface area is 157 Å². The molecule has 4 N–H and O–H groups in total. The van der Waals surface area contributed by atoms with E-state index in [2.05, 4.69) is 5.32 Å². The van der Waals surface area contributed by atoms with Crippen LogP contribution in [0.1, 0.15) is 23.6 Å². The van der Waals surface area contributed by atoms with Crippen LogP contribution in [0.25, 0.3) is 16.9 Å². The van der Waals surface area contributed by atoms with Crippen LogP contribution >= 0.6 is 0 Å². The third-order valence-corrected chi connectivity index (χ3v) is 4.61. The highest BCUT2D eigenvalue weighted by molar-refractivity contribution is 5.81. The Balaban J connectivity index is 2.10. The van der Waals surface area contributed by atoms with E-state index in [1.54, 1.807) is 19.1 Å². The highest BCUT2D eigenvalue weighted by Gasteiger charge is 2.21. The number of nitrogens with zero attached hydrogens (tertiary/aromatic N) is 1. The lowest BCUT2D eigenvalue weighted by molar-refractivity contribution is 0.0292. The zero-order valence-corrected chi connectivity index (χ0v) is 15.1. The molecule has 6 heteroatoms. The van der Waals surface area contributed by atoms with Crippen LogP contribution in [-0.2, 0) is 11.2 Å². The molecule has 5 nitrogen and oxygen atoms in total. The number of aliphatic hydroxyl groups is 1. The number of hydrogen-bond acceptors (Lipinski definition) is 5. The van der Waals surface area contributed by atoms with Gasteiger partial charge in [0.1, 0.15) is 17.6 Å². The molecule has 2 aromatic carbocycles. The molecular weight excluding hydrogens is 345 g/mol. The summed E-state index contributed by atoms with van der Waals surface area (Å²) >= 11 is 0. The number of morpholine rings is 1. The van der Waals surface area contributed by atoms with Gasteiger partial charge in [0.05, 0.1) is 18.3 Å². The van der Waals surface area contributed by atoms with Crippen LogP contribution in [0, 0.1) is 17.1 Å². The molecule has 0 radical (unpaired) electrons. The van der Waals surface area contributed by atoms with Crippen molar-refractivity contribution in [3.05, 3.63) is 64.6 Å². The Morgan fingerprint density at radius 2 is 2.22 bits per heavy atom. The number of rotatable bonds is 4. The number of allylic oxidation sites excluding steroid dienone is 1. The summed E-state index contributed by atoms with van der Waals surface area (Å²) in [4.78, 5) is 0. The topological polar surface area (TPSA) is 91.3 Å². The summed E-state index contributed by atoms with van der Waals surface area (Å²) in [5, 5.41) is 22.9. The molecule has 0 saturated carbocycles. The molecule has 1 fully saturated rings. The maximum atomic E-state index is 14.2. The van der Waals surface area contributed by atoms with Crippen molar-refractivity contribution in [2.45, 2.75) is 19.4 Å². The van der Waals surface area contributed by atoms with Crippen LogP contribution in [0.3, 0.4) is 0 Å². The molecule has 1 aliphatic heterocycles. The molecule has 0 spiro atoms. The minimum Gasteiger partial charge on any atom is -0.505 e. The summed E-state index contributed by atoms with van der Waals surface area (Å²) in [5.74, 6) is -0.631. The first-order valence-corrected chi connectivity index (χ1v) is 8.81. The van der Waals surface area contributed by atoms with Crippen LogP contribution in [-0.4, -0.2) is 30.9 Å². The van der Waals surface area contributed by atoms with Crippen molar-refractivity contribution >= 4 is 5.76 Å². The molecule has 0 amide bonds. The molecule has 1 heterocycles. The Hall–Kier alpha value is -2.88. The number of ether oxygens (including phenoxy) is 1. The van der Waals surface area contributed by atoms with Gasteiger partial charge >= 0.3 is 0 Å². The summed E-state index contributed by atoms with van der Waals surface area (Å²) in [5.41, 5.74) is 8.78. The van der Waals surface area contributed by atoms with Crippen LogP contribution in [0.2, 0.25) is 0 Å². The van der Waals surface area contributed by atoms with E-state index in [1.165, 1.54) is 12.1 Å². The largest absolute Gasteiger partial charge is 0.505 e. The van der Waals surface area contributed by atoms with Gasteiger partial charge in [-0.1, -0.05) is 24.3 Å². The predicted octanol–water partition coefficient (Wildman–Crippen LogP) is 3.10. The molecular formula is C21H22FN3O2. The zero-order chi connectivity index (χ0) is 19.4. The molecule has 140 valence electrons. The second-order valence-electron chi connectivity index (χ2n) is 6.58. The van der Waals surface area contributed by atoms with E-state index in [1.807, 2.05) is 18.2 Å². The quantitative estimate of drug-likeness (QED) is 0.723. The van der Waals surface area contributed by atoms with Crippen molar-refractivity contribution in [3.8, 4) is 17.2 Å². The van der Waals surface area contributed by atoms with E-state index in [-0.39, 0.29) is 23.1 Å². The monoisotopic (exact) mass is 367 g/mol. The molecule has 1 aliphatic rings. The minimum atomic E-state index is -0.598. The van der Waals surface area contributed by atoms with Gasteiger partial charge in [-0.25, -0.2) is 4.39 Å².